The summed E-state index contributed by atoms with van der Waals surface area (Å²) >= 11 is 0. The lowest BCUT2D eigenvalue weighted by Crippen LogP contribution is -1.95. The van der Waals surface area contributed by atoms with Crippen LogP contribution in [-0.4, -0.2) is 4.98 Å². The lowest BCUT2D eigenvalue weighted by molar-refractivity contribution is 0.437. The average Bonchev–Trinajstić information content (AvgIpc) is 2.27. The fourth-order valence-corrected chi connectivity index (χ4v) is 1.16. The lowest BCUT2D eigenvalue weighted by atomic mass is 10.3. The number of rotatable bonds is 2. The molecule has 5 heteroatoms. The average molecular weight is 222 g/mol. The second kappa shape index (κ2) is 4.14. The van der Waals surface area contributed by atoms with Crippen molar-refractivity contribution in [3.63, 3.8) is 0 Å². The Kier molecular flexibility index (Phi) is 2.68. The Morgan fingerprint density at radius 2 is 2.00 bits per heavy atom. The minimum Gasteiger partial charge on any atom is -0.453 e. The zero-order valence-electron chi connectivity index (χ0n) is 8.15. The first-order valence-corrected chi connectivity index (χ1v) is 4.49. The number of pyridine rings is 1. The molecule has 1 heterocycles. The van der Waals surface area contributed by atoms with E-state index in [1.54, 1.807) is 18.3 Å². The van der Waals surface area contributed by atoms with Gasteiger partial charge in [-0.3, -0.25) is 4.98 Å². The molecule has 3 nitrogen and oxygen atoms in total. The van der Waals surface area contributed by atoms with Crippen LogP contribution in [0.3, 0.4) is 0 Å². The molecule has 0 spiro atoms. The monoisotopic (exact) mass is 222 g/mol. The fraction of sp³-hybridized carbons (Fsp3) is 0. The normalized spacial score (nSPS) is 10.1. The van der Waals surface area contributed by atoms with Gasteiger partial charge in [-0.05, 0) is 12.1 Å². The van der Waals surface area contributed by atoms with Gasteiger partial charge in [0.05, 0.1) is 11.9 Å². The number of nitrogens with zero attached hydrogens (tertiary/aromatic N) is 1. The number of hydrogen-bond acceptors (Lipinski definition) is 3. The number of anilines is 1. The maximum absolute atomic E-state index is 13.3. The summed E-state index contributed by atoms with van der Waals surface area (Å²) in [6, 6.07) is 5.02. The lowest BCUT2D eigenvalue weighted by Gasteiger charge is -2.07. The van der Waals surface area contributed by atoms with Crippen molar-refractivity contribution < 1.29 is 13.5 Å². The second-order valence-electron chi connectivity index (χ2n) is 3.09. The van der Waals surface area contributed by atoms with Gasteiger partial charge in [0.2, 0.25) is 0 Å². The Morgan fingerprint density at radius 3 is 2.69 bits per heavy atom. The number of ether oxygens (including phenoxy) is 1. The summed E-state index contributed by atoms with van der Waals surface area (Å²) in [5, 5.41) is 0. The van der Waals surface area contributed by atoms with Crippen molar-refractivity contribution in [2.75, 3.05) is 5.73 Å². The number of benzene rings is 1. The summed E-state index contributed by atoms with van der Waals surface area (Å²) in [7, 11) is 0. The van der Waals surface area contributed by atoms with E-state index in [4.69, 9.17) is 10.5 Å². The maximum Gasteiger partial charge on any atom is 0.168 e. The molecule has 0 radical (unpaired) electrons. The quantitative estimate of drug-likeness (QED) is 0.795. The molecule has 0 fully saturated rings. The molecule has 0 aliphatic heterocycles. The Morgan fingerprint density at radius 1 is 1.19 bits per heavy atom. The minimum absolute atomic E-state index is 0.133. The highest BCUT2D eigenvalue weighted by molar-refractivity contribution is 5.47. The molecule has 0 aliphatic carbocycles. The van der Waals surface area contributed by atoms with Crippen LogP contribution >= 0.6 is 0 Å². The minimum atomic E-state index is -0.810. The zero-order chi connectivity index (χ0) is 11.5. The topological polar surface area (TPSA) is 48.1 Å². The van der Waals surface area contributed by atoms with Crippen molar-refractivity contribution in [2.45, 2.75) is 0 Å². The molecule has 0 unspecified atom stereocenters. The van der Waals surface area contributed by atoms with Crippen LogP contribution in [0.1, 0.15) is 0 Å². The van der Waals surface area contributed by atoms with Gasteiger partial charge in [0.1, 0.15) is 11.6 Å². The summed E-state index contributed by atoms with van der Waals surface area (Å²) in [4.78, 5) is 3.80. The van der Waals surface area contributed by atoms with E-state index < -0.39 is 11.6 Å². The Bertz CT molecular complexity index is 503. The van der Waals surface area contributed by atoms with Crippen molar-refractivity contribution in [1.82, 2.24) is 4.98 Å². The van der Waals surface area contributed by atoms with Crippen LogP contribution in [-0.2, 0) is 0 Å². The molecule has 1 aromatic heterocycles. The largest absolute Gasteiger partial charge is 0.453 e. The number of nitrogens with two attached hydrogens (primary N) is 1. The Labute approximate surface area is 90.5 Å². The summed E-state index contributed by atoms with van der Waals surface area (Å²) < 4.78 is 31.3. The molecule has 82 valence electrons. The van der Waals surface area contributed by atoms with E-state index in [1.807, 2.05) is 0 Å². The van der Waals surface area contributed by atoms with Gasteiger partial charge in [0, 0.05) is 18.3 Å². The van der Waals surface area contributed by atoms with Crippen LogP contribution in [0.15, 0.2) is 36.7 Å². The fourth-order valence-electron chi connectivity index (χ4n) is 1.16. The van der Waals surface area contributed by atoms with E-state index in [2.05, 4.69) is 4.98 Å². The molecule has 2 N–H and O–H groups in total. The highest BCUT2D eigenvalue weighted by atomic mass is 19.1. The van der Waals surface area contributed by atoms with Crippen LogP contribution in [0.25, 0.3) is 0 Å². The molecule has 0 amide bonds. The van der Waals surface area contributed by atoms with Gasteiger partial charge in [-0.2, -0.15) is 0 Å². The molecule has 0 saturated carbocycles. The van der Waals surface area contributed by atoms with E-state index in [-0.39, 0.29) is 11.4 Å². The summed E-state index contributed by atoms with van der Waals surface area (Å²) in [6.07, 6.45) is 2.97. The van der Waals surface area contributed by atoms with Crippen LogP contribution in [0.4, 0.5) is 14.5 Å². The number of halogens is 2. The van der Waals surface area contributed by atoms with E-state index in [0.29, 0.717) is 11.8 Å². The van der Waals surface area contributed by atoms with Crippen molar-refractivity contribution in [3.8, 4) is 11.5 Å². The summed E-state index contributed by atoms with van der Waals surface area (Å²) in [5.74, 6) is -1.40. The molecular formula is C11H8F2N2O. The number of hydrogen-bond donors (Lipinski definition) is 1. The predicted octanol–water partition coefficient (Wildman–Crippen LogP) is 2.73. The Balaban J connectivity index is 2.32. The van der Waals surface area contributed by atoms with Gasteiger partial charge < -0.3 is 10.5 Å². The third-order valence-corrected chi connectivity index (χ3v) is 1.91. The van der Waals surface area contributed by atoms with Gasteiger partial charge in [0.15, 0.2) is 11.6 Å². The highest BCUT2D eigenvalue weighted by Crippen LogP contribution is 2.27. The second-order valence-corrected chi connectivity index (χ2v) is 3.09. The predicted molar refractivity (Wildman–Crippen MR) is 55.1 cm³/mol. The van der Waals surface area contributed by atoms with Gasteiger partial charge in [-0.25, -0.2) is 8.78 Å². The van der Waals surface area contributed by atoms with Gasteiger partial charge in [0.25, 0.3) is 0 Å². The van der Waals surface area contributed by atoms with Crippen molar-refractivity contribution in [2.24, 2.45) is 0 Å². The molecule has 1 aromatic carbocycles. The van der Waals surface area contributed by atoms with Crippen LogP contribution in [0, 0.1) is 11.6 Å². The van der Waals surface area contributed by atoms with E-state index >= 15 is 0 Å². The van der Waals surface area contributed by atoms with Crippen LogP contribution < -0.4 is 10.5 Å². The van der Waals surface area contributed by atoms with Crippen LogP contribution in [0.2, 0.25) is 0 Å². The number of nitrogen functional groups attached to an aromatic ring is 1. The van der Waals surface area contributed by atoms with Crippen molar-refractivity contribution in [3.05, 3.63) is 48.3 Å². The molecule has 0 bridgehead atoms. The van der Waals surface area contributed by atoms with Crippen molar-refractivity contribution >= 4 is 5.69 Å². The molecule has 0 atom stereocenters. The SMILES string of the molecule is Nc1cc(Oc2cccnc2)c(F)cc1F. The van der Waals surface area contributed by atoms with Crippen molar-refractivity contribution in [1.29, 1.82) is 0 Å². The van der Waals surface area contributed by atoms with Crippen LogP contribution in [0.5, 0.6) is 11.5 Å². The molecule has 0 saturated heterocycles. The van der Waals surface area contributed by atoms with Gasteiger partial charge >= 0.3 is 0 Å². The summed E-state index contributed by atoms with van der Waals surface area (Å²) in [5.41, 5.74) is 5.14. The smallest absolute Gasteiger partial charge is 0.168 e. The maximum atomic E-state index is 13.3. The first kappa shape index (κ1) is 10.4. The van der Waals surface area contributed by atoms with E-state index in [1.165, 1.54) is 6.20 Å². The molecule has 2 aromatic rings. The molecule has 16 heavy (non-hydrogen) atoms. The molecule has 0 aliphatic rings. The standard InChI is InChI=1S/C11H8F2N2O/c12-8-4-9(13)11(5-10(8)14)16-7-2-1-3-15-6-7/h1-6H,14H2. The molecule has 2 rings (SSSR count). The van der Waals surface area contributed by atoms with E-state index in [0.717, 1.165) is 6.07 Å². The zero-order valence-corrected chi connectivity index (χ0v) is 8.15. The Hall–Kier alpha value is -2.17. The molecular weight excluding hydrogens is 214 g/mol. The first-order valence-electron chi connectivity index (χ1n) is 4.49. The number of aromatic nitrogens is 1. The third-order valence-electron chi connectivity index (χ3n) is 1.91. The van der Waals surface area contributed by atoms with E-state index in [9.17, 15) is 8.78 Å². The summed E-state index contributed by atoms with van der Waals surface area (Å²) in [6.45, 7) is 0. The van der Waals surface area contributed by atoms with Gasteiger partial charge in [-0.15, -0.1) is 0 Å². The van der Waals surface area contributed by atoms with Gasteiger partial charge in [-0.1, -0.05) is 0 Å². The third kappa shape index (κ3) is 2.08. The first-order chi connectivity index (χ1) is 7.66. The highest BCUT2D eigenvalue weighted by Gasteiger charge is 2.09.